The molecule has 0 unspecified atom stereocenters. The summed E-state index contributed by atoms with van der Waals surface area (Å²) in [7, 11) is 0. The molecule has 0 fully saturated rings. The molecule has 0 atom stereocenters. The van der Waals surface area contributed by atoms with Crippen LogP contribution in [-0.2, 0) is 0 Å². The van der Waals surface area contributed by atoms with Gasteiger partial charge in [-0.05, 0) is 75.1 Å². The van der Waals surface area contributed by atoms with E-state index in [1.165, 1.54) is 82.0 Å². The largest absolute Gasteiger partial charge is 0.307 e. The first-order chi connectivity index (χ1) is 22.8. The van der Waals surface area contributed by atoms with Gasteiger partial charge in [0.25, 0.3) is 0 Å². The van der Waals surface area contributed by atoms with Crippen molar-refractivity contribution >= 4 is 65.2 Å². The SMILES string of the molecule is c1ccc2cc(-c3ccc(-n4c5ccccc5c5ccc6c7ccccc7n(-c7ccc8ccccc8c7)c6c54)cc3)ccc2c1. The van der Waals surface area contributed by atoms with Gasteiger partial charge >= 0.3 is 0 Å². The molecule has 2 heteroatoms. The Morgan fingerprint density at radius 3 is 1.37 bits per heavy atom. The summed E-state index contributed by atoms with van der Waals surface area (Å²) in [5.41, 5.74) is 9.63. The number of rotatable bonds is 3. The van der Waals surface area contributed by atoms with E-state index in [0.29, 0.717) is 0 Å². The van der Waals surface area contributed by atoms with Gasteiger partial charge in [-0.2, -0.15) is 0 Å². The van der Waals surface area contributed by atoms with Gasteiger partial charge in [-0.1, -0.05) is 127 Å². The van der Waals surface area contributed by atoms with Crippen molar-refractivity contribution in [1.29, 1.82) is 0 Å². The molecule has 8 aromatic carbocycles. The van der Waals surface area contributed by atoms with Crippen molar-refractivity contribution in [3.05, 3.63) is 170 Å². The normalized spacial score (nSPS) is 11.9. The molecule has 0 aliphatic rings. The van der Waals surface area contributed by atoms with E-state index in [2.05, 4.69) is 179 Å². The number of hydrogen-bond acceptors (Lipinski definition) is 0. The second kappa shape index (κ2) is 9.69. The predicted octanol–water partition coefficient (Wildman–Crippen LogP) is 11.9. The highest BCUT2D eigenvalue weighted by Gasteiger charge is 2.21. The van der Waals surface area contributed by atoms with Gasteiger partial charge in [0.1, 0.15) is 0 Å². The van der Waals surface area contributed by atoms with Crippen molar-refractivity contribution in [3.63, 3.8) is 0 Å². The van der Waals surface area contributed by atoms with Crippen LogP contribution in [0.25, 0.3) is 87.7 Å². The summed E-state index contributed by atoms with van der Waals surface area (Å²) in [6, 6.07) is 62.1. The fraction of sp³-hybridized carbons (Fsp3) is 0. The second-order valence-corrected chi connectivity index (χ2v) is 12.2. The summed E-state index contributed by atoms with van der Waals surface area (Å²) in [5.74, 6) is 0. The van der Waals surface area contributed by atoms with Crippen LogP contribution in [0, 0.1) is 0 Å². The zero-order valence-electron chi connectivity index (χ0n) is 25.1. The maximum Gasteiger partial charge on any atom is 0.0788 e. The molecule has 0 radical (unpaired) electrons. The van der Waals surface area contributed by atoms with Crippen molar-refractivity contribution < 1.29 is 0 Å². The molecule has 0 saturated carbocycles. The Morgan fingerprint density at radius 2 is 0.739 bits per heavy atom. The molecule has 0 aliphatic heterocycles. The third kappa shape index (κ3) is 3.65. The van der Waals surface area contributed by atoms with Crippen LogP contribution in [0.2, 0.25) is 0 Å². The Bertz CT molecular complexity index is 2790. The molecule has 214 valence electrons. The molecule has 10 rings (SSSR count). The predicted molar refractivity (Wildman–Crippen MR) is 196 cm³/mol. The Labute approximate surface area is 266 Å². The van der Waals surface area contributed by atoms with Crippen molar-refractivity contribution in [2.75, 3.05) is 0 Å². The molecule has 0 N–H and O–H groups in total. The van der Waals surface area contributed by atoms with Crippen LogP contribution in [0.15, 0.2) is 170 Å². The Kier molecular flexibility index (Phi) is 5.31. The van der Waals surface area contributed by atoms with Gasteiger partial charge in [-0.3, -0.25) is 0 Å². The van der Waals surface area contributed by atoms with Gasteiger partial charge in [0.2, 0.25) is 0 Å². The minimum Gasteiger partial charge on any atom is -0.307 e. The molecule has 0 bridgehead atoms. The number of fused-ring (bicyclic) bond motifs is 9. The van der Waals surface area contributed by atoms with Gasteiger partial charge in [0, 0.05) is 32.9 Å². The standard InChI is InChI=1S/C44H28N2/c1-3-11-32-27-34(18-17-29(32)9-1)31-19-22-35(23-20-31)45-41-15-7-5-13-37(41)39-25-26-40-38-14-6-8-16-42(38)46(44(40)43(39)45)36-24-21-30-10-2-4-12-33(30)28-36/h1-28H. The highest BCUT2D eigenvalue weighted by molar-refractivity contribution is 6.23. The van der Waals surface area contributed by atoms with Gasteiger partial charge in [-0.15, -0.1) is 0 Å². The Morgan fingerprint density at radius 1 is 0.283 bits per heavy atom. The zero-order valence-corrected chi connectivity index (χ0v) is 25.1. The molecule has 0 spiro atoms. The number of nitrogens with zero attached hydrogens (tertiary/aromatic N) is 2. The first kappa shape index (κ1) is 25.2. The Hall–Kier alpha value is -6.12. The Balaban J connectivity index is 1.27. The van der Waals surface area contributed by atoms with Crippen LogP contribution in [-0.4, -0.2) is 9.13 Å². The van der Waals surface area contributed by atoms with Crippen molar-refractivity contribution in [3.8, 4) is 22.5 Å². The molecule has 2 heterocycles. The number of benzene rings is 8. The van der Waals surface area contributed by atoms with E-state index in [-0.39, 0.29) is 0 Å². The third-order valence-electron chi connectivity index (χ3n) is 9.67. The van der Waals surface area contributed by atoms with Gasteiger partial charge in [-0.25, -0.2) is 0 Å². The lowest BCUT2D eigenvalue weighted by Gasteiger charge is -2.14. The third-order valence-corrected chi connectivity index (χ3v) is 9.67. The van der Waals surface area contributed by atoms with E-state index in [4.69, 9.17) is 0 Å². The first-order valence-electron chi connectivity index (χ1n) is 15.9. The number of para-hydroxylation sites is 2. The van der Waals surface area contributed by atoms with E-state index in [1.54, 1.807) is 0 Å². The highest BCUT2D eigenvalue weighted by atomic mass is 15.0. The molecule has 46 heavy (non-hydrogen) atoms. The smallest absolute Gasteiger partial charge is 0.0788 e. The lowest BCUT2D eigenvalue weighted by atomic mass is 10.0. The van der Waals surface area contributed by atoms with Crippen molar-refractivity contribution in [2.24, 2.45) is 0 Å². The van der Waals surface area contributed by atoms with Crippen molar-refractivity contribution in [2.45, 2.75) is 0 Å². The fourth-order valence-electron chi connectivity index (χ4n) is 7.52. The average molecular weight is 585 g/mol. The summed E-state index contributed by atoms with van der Waals surface area (Å²) in [4.78, 5) is 0. The van der Waals surface area contributed by atoms with Crippen LogP contribution < -0.4 is 0 Å². The number of aromatic nitrogens is 2. The van der Waals surface area contributed by atoms with Gasteiger partial charge in [0.05, 0.1) is 22.1 Å². The van der Waals surface area contributed by atoms with Crippen LogP contribution in [0.4, 0.5) is 0 Å². The summed E-state index contributed by atoms with van der Waals surface area (Å²) in [6.45, 7) is 0. The minimum atomic E-state index is 1.15. The highest BCUT2D eigenvalue weighted by Crippen LogP contribution is 2.42. The minimum absolute atomic E-state index is 1.15. The second-order valence-electron chi connectivity index (χ2n) is 12.2. The quantitative estimate of drug-likeness (QED) is 0.195. The van der Waals surface area contributed by atoms with E-state index >= 15 is 0 Å². The monoisotopic (exact) mass is 584 g/mol. The molecule has 0 aliphatic carbocycles. The molecular weight excluding hydrogens is 556 g/mol. The van der Waals surface area contributed by atoms with E-state index in [0.717, 1.165) is 5.69 Å². The topological polar surface area (TPSA) is 9.86 Å². The maximum atomic E-state index is 2.47. The van der Waals surface area contributed by atoms with Crippen LogP contribution >= 0.6 is 0 Å². The summed E-state index contributed by atoms with van der Waals surface area (Å²) in [6.07, 6.45) is 0. The summed E-state index contributed by atoms with van der Waals surface area (Å²) >= 11 is 0. The van der Waals surface area contributed by atoms with Crippen LogP contribution in [0.3, 0.4) is 0 Å². The van der Waals surface area contributed by atoms with Crippen molar-refractivity contribution in [1.82, 2.24) is 9.13 Å². The molecule has 2 nitrogen and oxygen atoms in total. The molecule has 0 amide bonds. The maximum absolute atomic E-state index is 2.47. The molecular formula is C44H28N2. The number of hydrogen-bond donors (Lipinski definition) is 0. The lowest BCUT2D eigenvalue weighted by molar-refractivity contribution is 1.15. The fourth-order valence-corrected chi connectivity index (χ4v) is 7.52. The van der Waals surface area contributed by atoms with E-state index < -0.39 is 0 Å². The molecule has 0 saturated heterocycles. The van der Waals surface area contributed by atoms with Gasteiger partial charge in [0.15, 0.2) is 0 Å². The molecule has 2 aromatic heterocycles. The lowest BCUT2D eigenvalue weighted by Crippen LogP contribution is -1.99. The van der Waals surface area contributed by atoms with E-state index in [9.17, 15) is 0 Å². The van der Waals surface area contributed by atoms with E-state index in [1.807, 2.05) is 0 Å². The summed E-state index contributed by atoms with van der Waals surface area (Å²) in [5, 5.41) is 10.0. The first-order valence-corrected chi connectivity index (χ1v) is 15.9. The van der Waals surface area contributed by atoms with Crippen LogP contribution in [0.1, 0.15) is 0 Å². The van der Waals surface area contributed by atoms with Gasteiger partial charge < -0.3 is 9.13 Å². The molecule has 10 aromatic rings. The average Bonchev–Trinajstić information content (AvgIpc) is 3.64. The zero-order chi connectivity index (χ0) is 30.2. The summed E-state index contributed by atoms with van der Waals surface area (Å²) < 4.78 is 4.94. The van der Waals surface area contributed by atoms with Crippen LogP contribution in [0.5, 0.6) is 0 Å².